The summed E-state index contributed by atoms with van der Waals surface area (Å²) >= 11 is 0. The third kappa shape index (κ3) is 45.7. The summed E-state index contributed by atoms with van der Waals surface area (Å²) in [6.45, 7) is 11.1. The Labute approximate surface area is 412 Å². The first kappa shape index (κ1) is 66.2. The maximum atomic E-state index is 11.0. The van der Waals surface area contributed by atoms with E-state index in [1.54, 1.807) is 0 Å². The fourth-order valence-corrected chi connectivity index (χ4v) is 7.45. The third-order valence-corrected chi connectivity index (χ3v) is 11.3. The van der Waals surface area contributed by atoms with Crippen LogP contribution in [-0.2, 0) is 19.2 Å². The van der Waals surface area contributed by atoms with Gasteiger partial charge in [-0.15, -0.1) is 0 Å². The van der Waals surface area contributed by atoms with Crippen molar-refractivity contribution < 1.29 is 121 Å². The van der Waals surface area contributed by atoms with Gasteiger partial charge < -0.3 is 53.1 Å². The Bertz CT molecular complexity index is 901. The predicted octanol–water partition coefficient (Wildman–Crippen LogP) is 0.744. The second-order valence-corrected chi connectivity index (χ2v) is 16.4. The third-order valence-electron chi connectivity index (χ3n) is 11.3. The van der Waals surface area contributed by atoms with Crippen LogP contribution in [0.4, 0.5) is 0 Å². The van der Waals surface area contributed by atoms with Gasteiger partial charge >= 0.3 is 83.0 Å². The number of rotatable bonds is 44. The van der Waals surface area contributed by atoms with Gasteiger partial charge in [0.15, 0.2) is 0 Å². The van der Waals surface area contributed by atoms with Gasteiger partial charge in [0.25, 0.3) is 0 Å². The van der Waals surface area contributed by atoms with Crippen LogP contribution in [0.2, 0.25) is 0 Å². The number of hydrogen-bond donors (Lipinski definition) is 8. The van der Waals surface area contributed by atoms with Gasteiger partial charge in [0, 0.05) is 13.1 Å². The number of nitrogens with one attached hydrogen (secondary N) is 2. The maximum absolute atomic E-state index is 11.0. The van der Waals surface area contributed by atoms with Crippen molar-refractivity contribution >= 4 is 23.9 Å². The van der Waals surface area contributed by atoms with E-state index in [-0.39, 0.29) is 101 Å². The van der Waals surface area contributed by atoms with Gasteiger partial charge in [-0.2, -0.15) is 0 Å². The summed E-state index contributed by atoms with van der Waals surface area (Å²) in [5.74, 6) is -3.56. The van der Waals surface area contributed by atoms with Crippen LogP contribution >= 0.6 is 0 Å². The number of carboxylic acids is 4. The zero-order valence-electron chi connectivity index (χ0n) is 41.1. The molecule has 0 atom stereocenters. The Morgan fingerprint density at radius 3 is 0.817 bits per heavy atom. The molecule has 0 spiro atoms. The number of carboxylic acid groups (broad SMARTS) is 4. The molecule has 0 bridgehead atoms. The minimum Gasteiger partial charge on any atom is -1.00 e. The van der Waals surface area contributed by atoms with Gasteiger partial charge in [0.05, 0.1) is 78.2 Å². The number of aliphatic hydroxyl groups is 2. The Morgan fingerprint density at radius 2 is 0.600 bits per heavy atom. The molecule has 14 nitrogen and oxygen atoms in total. The van der Waals surface area contributed by atoms with Gasteiger partial charge in [-0.1, -0.05) is 129 Å². The Hall–Kier alpha value is -0.360. The van der Waals surface area contributed by atoms with Gasteiger partial charge in [-0.05, 0) is 25.9 Å². The summed E-state index contributed by atoms with van der Waals surface area (Å²) in [4.78, 5) is 43.9. The summed E-state index contributed by atoms with van der Waals surface area (Å²) < 4.78 is 0.667. The van der Waals surface area contributed by atoms with Crippen LogP contribution in [0.15, 0.2) is 0 Å². The van der Waals surface area contributed by atoms with Gasteiger partial charge in [-0.3, -0.25) is 19.2 Å². The molecule has 348 valence electrons. The van der Waals surface area contributed by atoms with E-state index in [9.17, 15) is 29.4 Å². The predicted molar refractivity (Wildman–Crippen MR) is 234 cm³/mol. The molecule has 0 aromatic rings. The summed E-state index contributed by atoms with van der Waals surface area (Å²) in [5, 5.41) is 61.6. The molecular formula is C44H92N4Na2O10+2. The number of hydrogen-bond acceptors (Lipinski definition) is 8. The number of quaternary nitrogens is 2. The average Bonchev–Trinajstić information content (AvgIpc) is 3.18. The van der Waals surface area contributed by atoms with Crippen LogP contribution in [0.3, 0.4) is 0 Å². The normalized spacial score (nSPS) is 11.3. The first-order valence-corrected chi connectivity index (χ1v) is 23.1. The summed E-state index contributed by atoms with van der Waals surface area (Å²) in [6.07, 6.45) is 26.0. The number of nitrogens with zero attached hydrogens (tertiary/aromatic N) is 2. The van der Waals surface area contributed by atoms with Gasteiger partial charge in [0.2, 0.25) is 0 Å². The van der Waals surface area contributed by atoms with Crippen LogP contribution in [0.25, 0.3) is 0 Å². The number of aliphatic carboxylic acids is 4. The van der Waals surface area contributed by atoms with Crippen molar-refractivity contribution in [2.75, 3.05) is 91.8 Å². The van der Waals surface area contributed by atoms with Crippen molar-refractivity contribution in [1.29, 1.82) is 0 Å². The smallest absolute Gasteiger partial charge is 1.00 e. The van der Waals surface area contributed by atoms with Gasteiger partial charge in [-0.25, -0.2) is 0 Å². The standard InChI is InChI=1S/2C22H44N2O5.2Na.2H/c2*1-2-3-4-5-6-7-8-9-10-11-14-23-15-18-24(19-20-25,16-12-21(26)27)17-13-22(28)29;;;;/h2*23,25H,2-20H2,1H3,(H-,26,27,28,29);;;;/q;;2*+1;2*-1/p+2. The van der Waals surface area contributed by atoms with E-state index < -0.39 is 23.9 Å². The molecule has 0 aliphatic carbocycles. The Morgan fingerprint density at radius 1 is 0.367 bits per heavy atom. The van der Waals surface area contributed by atoms with Crippen LogP contribution in [0.5, 0.6) is 0 Å². The van der Waals surface area contributed by atoms with E-state index in [0.717, 1.165) is 25.9 Å². The topological polar surface area (TPSA) is 214 Å². The van der Waals surface area contributed by atoms with Crippen molar-refractivity contribution in [3.05, 3.63) is 0 Å². The summed E-state index contributed by atoms with van der Waals surface area (Å²) in [5.41, 5.74) is 0. The minimum atomic E-state index is -0.890. The molecule has 0 saturated heterocycles. The van der Waals surface area contributed by atoms with Crippen LogP contribution in [0, 0.1) is 0 Å². The van der Waals surface area contributed by atoms with E-state index in [4.69, 9.17) is 20.4 Å². The number of unbranched alkanes of at least 4 members (excludes halogenated alkanes) is 18. The molecule has 16 heteroatoms. The molecule has 0 unspecified atom stereocenters. The van der Waals surface area contributed by atoms with Crippen LogP contribution < -0.4 is 69.7 Å². The first-order valence-electron chi connectivity index (χ1n) is 23.1. The van der Waals surface area contributed by atoms with Crippen LogP contribution in [0.1, 0.15) is 171 Å². The van der Waals surface area contributed by atoms with E-state index in [1.165, 1.54) is 116 Å². The Balaban J connectivity index is -0.000000238. The molecule has 0 aromatic carbocycles. The average molecular weight is 883 g/mol. The minimum absolute atomic E-state index is 0. The fourth-order valence-electron chi connectivity index (χ4n) is 7.45. The number of aliphatic hydroxyl groups excluding tert-OH is 2. The maximum Gasteiger partial charge on any atom is 1.00 e. The largest absolute Gasteiger partial charge is 1.00 e. The zero-order chi connectivity index (χ0) is 43.6. The van der Waals surface area contributed by atoms with Crippen molar-refractivity contribution in [3.63, 3.8) is 0 Å². The summed E-state index contributed by atoms with van der Waals surface area (Å²) in [6, 6.07) is 0. The van der Waals surface area contributed by atoms with E-state index in [0.29, 0.717) is 74.4 Å². The molecular weight excluding hydrogens is 790 g/mol. The van der Waals surface area contributed by atoms with Crippen molar-refractivity contribution in [2.45, 2.75) is 168 Å². The molecule has 0 fully saturated rings. The molecule has 0 aliphatic rings. The van der Waals surface area contributed by atoms with E-state index in [1.807, 2.05) is 0 Å². The van der Waals surface area contributed by atoms with Crippen molar-refractivity contribution in [3.8, 4) is 0 Å². The first-order chi connectivity index (χ1) is 27.9. The zero-order valence-corrected chi connectivity index (χ0v) is 43.1. The quantitative estimate of drug-likeness (QED) is 0.0242. The molecule has 0 heterocycles. The molecule has 0 aromatic heterocycles. The number of carbonyl (C=O) groups is 4. The van der Waals surface area contributed by atoms with Crippen molar-refractivity contribution in [2.24, 2.45) is 0 Å². The molecule has 0 saturated carbocycles. The Kier molecular flexibility index (Phi) is 53.1. The summed E-state index contributed by atoms with van der Waals surface area (Å²) in [7, 11) is 0. The van der Waals surface area contributed by atoms with Crippen LogP contribution in [-0.4, -0.2) is 155 Å². The molecule has 0 radical (unpaired) electrons. The second-order valence-electron chi connectivity index (χ2n) is 16.4. The SMILES string of the molecule is CCCCCCCCCCCCNCC[N+](CCO)(CCC(=O)O)CCC(=O)O.CCCCCCCCCCCCNCC[N+](CCO)(CCC(=O)O)CCC(=O)O.[H-].[H-].[Na+].[Na+]. The van der Waals surface area contributed by atoms with Gasteiger partial charge in [0.1, 0.15) is 13.1 Å². The van der Waals surface area contributed by atoms with Crippen molar-refractivity contribution in [1.82, 2.24) is 10.6 Å². The molecule has 0 rings (SSSR count). The van der Waals surface area contributed by atoms with E-state index in [2.05, 4.69) is 24.5 Å². The van der Waals surface area contributed by atoms with E-state index >= 15 is 0 Å². The molecule has 8 N–H and O–H groups in total. The monoisotopic (exact) mass is 883 g/mol. The fraction of sp³-hybridized carbons (Fsp3) is 0.909. The molecule has 0 aliphatic heterocycles. The second kappa shape index (κ2) is 48.1. The molecule has 60 heavy (non-hydrogen) atoms. The molecule has 0 amide bonds.